The summed E-state index contributed by atoms with van der Waals surface area (Å²) in [7, 11) is 4.58. The van der Waals surface area contributed by atoms with Crippen molar-refractivity contribution in [2.24, 2.45) is 12.0 Å². The molecular weight excluding hydrogens is 622 g/mol. The highest BCUT2D eigenvalue weighted by Crippen LogP contribution is 2.38. The van der Waals surface area contributed by atoms with Crippen molar-refractivity contribution in [2.45, 2.75) is 38.1 Å². The average Bonchev–Trinajstić information content (AvgIpc) is 3.63. The number of benzene rings is 2. The van der Waals surface area contributed by atoms with Gasteiger partial charge in [-0.05, 0) is 67.5 Å². The first-order chi connectivity index (χ1) is 22.7. The lowest BCUT2D eigenvalue weighted by atomic mass is 10.0. The maximum atomic E-state index is 13.2. The first-order valence-corrected chi connectivity index (χ1v) is 16.1. The zero-order valence-electron chi connectivity index (χ0n) is 26.3. The second kappa shape index (κ2) is 13.7. The van der Waals surface area contributed by atoms with E-state index in [9.17, 15) is 19.2 Å². The summed E-state index contributed by atoms with van der Waals surface area (Å²) in [5.74, 6) is -0.143. The predicted molar refractivity (Wildman–Crippen MR) is 180 cm³/mol. The van der Waals surface area contributed by atoms with Gasteiger partial charge in [0.2, 0.25) is 5.91 Å². The number of hydrogen-bond donors (Lipinski definition) is 2. The van der Waals surface area contributed by atoms with Gasteiger partial charge in [-0.2, -0.15) is 0 Å². The summed E-state index contributed by atoms with van der Waals surface area (Å²) in [4.78, 5) is 57.8. The molecule has 0 aliphatic carbocycles. The van der Waals surface area contributed by atoms with E-state index in [1.807, 2.05) is 17.2 Å². The van der Waals surface area contributed by atoms with E-state index in [2.05, 4.69) is 15.6 Å². The molecule has 1 unspecified atom stereocenters. The van der Waals surface area contributed by atoms with Gasteiger partial charge in [-0.25, -0.2) is 4.79 Å². The Labute approximate surface area is 275 Å². The molecule has 47 heavy (non-hydrogen) atoms. The van der Waals surface area contributed by atoms with Crippen LogP contribution in [-0.4, -0.2) is 72.8 Å². The topological polar surface area (TPSA) is 141 Å². The number of hydrogen-bond acceptors (Lipinski definition) is 9. The van der Waals surface area contributed by atoms with Crippen molar-refractivity contribution < 1.29 is 33.4 Å². The Kier molecular flexibility index (Phi) is 9.25. The Hall–Kier alpha value is -5.17. The molecular formula is C34H35N5O7S. The Morgan fingerprint density at radius 2 is 1.87 bits per heavy atom. The summed E-state index contributed by atoms with van der Waals surface area (Å²) in [6.07, 6.45) is 7.07. The van der Waals surface area contributed by atoms with E-state index < -0.39 is 5.97 Å². The summed E-state index contributed by atoms with van der Waals surface area (Å²) in [6.45, 7) is 0.954. The largest absolute Gasteiger partial charge is 0.493 e. The predicted octanol–water partition coefficient (Wildman–Crippen LogP) is 5.80. The quantitative estimate of drug-likeness (QED) is 0.162. The van der Waals surface area contributed by atoms with Crippen molar-refractivity contribution in [1.82, 2.24) is 9.47 Å². The average molecular weight is 658 g/mol. The molecule has 1 fully saturated rings. The number of nitrogens with zero attached hydrogens (tertiary/aromatic N) is 3. The number of methoxy groups -OCH3 is 2. The molecule has 0 saturated carbocycles. The number of thiophene rings is 1. The van der Waals surface area contributed by atoms with Gasteiger partial charge >= 0.3 is 5.97 Å². The minimum absolute atomic E-state index is 0.00170. The van der Waals surface area contributed by atoms with Crippen molar-refractivity contribution >= 4 is 68.4 Å². The zero-order chi connectivity index (χ0) is 33.1. The minimum atomic E-state index is -0.405. The van der Waals surface area contributed by atoms with Crippen molar-refractivity contribution in [3.05, 3.63) is 64.8 Å². The van der Waals surface area contributed by atoms with Gasteiger partial charge in [0.25, 0.3) is 11.8 Å². The monoisotopic (exact) mass is 657 g/mol. The number of aryl methyl sites for hydroxylation is 1. The second-order valence-electron chi connectivity index (χ2n) is 11.4. The molecule has 0 radical (unpaired) electrons. The maximum Gasteiger partial charge on any atom is 0.348 e. The number of ether oxygens (including phenoxy) is 3. The fraction of sp³-hybridized carbons (Fsp3) is 0.324. The third-order valence-electron chi connectivity index (χ3n) is 8.20. The van der Waals surface area contributed by atoms with E-state index in [4.69, 9.17) is 14.2 Å². The van der Waals surface area contributed by atoms with Gasteiger partial charge in [0, 0.05) is 48.9 Å². The highest BCUT2D eigenvalue weighted by molar-refractivity contribution is 7.20. The molecule has 12 nitrogen and oxygen atoms in total. The van der Waals surface area contributed by atoms with Gasteiger partial charge in [0.05, 0.1) is 43.8 Å². The third kappa shape index (κ3) is 6.85. The van der Waals surface area contributed by atoms with Gasteiger partial charge in [0.1, 0.15) is 10.6 Å². The molecule has 4 aromatic rings. The number of fused-ring (bicyclic) bond motifs is 3. The lowest BCUT2D eigenvalue weighted by Crippen LogP contribution is -2.43. The van der Waals surface area contributed by atoms with E-state index in [-0.39, 0.29) is 36.8 Å². The first kappa shape index (κ1) is 31.8. The fourth-order valence-electron chi connectivity index (χ4n) is 5.80. The number of carbonyl (C=O) groups is 4. The molecule has 4 heterocycles. The van der Waals surface area contributed by atoms with Crippen LogP contribution in [0.5, 0.6) is 11.5 Å². The molecule has 0 spiro atoms. The fourth-order valence-corrected chi connectivity index (χ4v) is 6.76. The minimum Gasteiger partial charge on any atom is -0.493 e. The van der Waals surface area contributed by atoms with Gasteiger partial charge in [0.15, 0.2) is 11.5 Å². The molecule has 3 amide bonds. The lowest BCUT2D eigenvalue weighted by Gasteiger charge is -2.32. The van der Waals surface area contributed by atoms with Crippen LogP contribution in [0.3, 0.4) is 0 Å². The standard InChI is InChI=1S/C34H35N5O7S/c1-38-19-22(15-26(38)32(41)37-21-9-10-29-20(13-21)14-30(47-29)34(43)45-3)36-31(40)8-6-12-46-28-17-25-24(16-27(28)44-2)33(42)39-11-5-4-7-23(39)18-35-25/h9-10,13-19,23H,4-8,11-12H2,1-3H3,(H,36,40)(H,37,41). The molecule has 2 aliphatic heterocycles. The second-order valence-corrected chi connectivity index (χ2v) is 12.5. The van der Waals surface area contributed by atoms with Crippen LogP contribution in [0.4, 0.5) is 17.1 Å². The van der Waals surface area contributed by atoms with Gasteiger partial charge in [-0.1, -0.05) is 0 Å². The highest BCUT2D eigenvalue weighted by Gasteiger charge is 2.31. The third-order valence-corrected chi connectivity index (χ3v) is 9.29. The number of anilines is 2. The van der Waals surface area contributed by atoms with Crippen LogP contribution >= 0.6 is 11.3 Å². The molecule has 2 aromatic heterocycles. The Balaban J connectivity index is 1.02. The lowest BCUT2D eigenvalue weighted by molar-refractivity contribution is -0.116. The molecule has 2 N–H and O–H groups in total. The number of aliphatic imine (C=N–C) groups is 1. The molecule has 1 atom stereocenters. The number of amides is 3. The summed E-state index contributed by atoms with van der Waals surface area (Å²) in [5, 5.41) is 6.53. The van der Waals surface area contributed by atoms with E-state index in [1.54, 1.807) is 54.2 Å². The van der Waals surface area contributed by atoms with E-state index in [0.717, 1.165) is 29.3 Å². The summed E-state index contributed by atoms with van der Waals surface area (Å²) in [6, 6.07) is 12.1. The van der Waals surface area contributed by atoms with E-state index in [1.165, 1.54) is 25.6 Å². The Morgan fingerprint density at radius 3 is 2.68 bits per heavy atom. The Bertz CT molecular complexity index is 1890. The van der Waals surface area contributed by atoms with Crippen molar-refractivity contribution in [3.63, 3.8) is 0 Å². The number of esters is 1. The Morgan fingerprint density at radius 1 is 1.02 bits per heavy atom. The van der Waals surface area contributed by atoms with Gasteiger partial charge < -0.3 is 34.3 Å². The van der Waals surface area contributed by atoms with Crippen LogP contribution < -0.4 is 20.1 Å². The molecule has 0 bridgehead atoms. The summed E-state index contributed by atoms with van der Waals surface area (Å²) >= 11 is 1.32. The summed E-state index contributed by atoms with van der Waals surface area (Å²) in [5.41, 5.74) is 2.45. The number of nitrogens with one attached hydrogen (secondary N) is 2. The molecule has 13 heteroatoms. The van der Waals surface area contributed by atoms with E-state index in [0.29, 0.717) is 57.7 Å². The van der Waals surface area contributed by atoms with Crippen molar-refractivity contribution in [2.75, 3.05) is 38.0 Å². The van der Waals surface area contributed by atoms with Crippen molar-refractivity contribution in [1.29, 1.82) is 0 Å². The molecule has 6 rings (SSSR count). The van der Waals surface area contributed by atoms with Crippen LogP contribution in [-0.2, 0) is 16.6 Å². The smallest absolute Gasteiger partial charge is 0.348 e. The van der Waals surface area contributed by atoms with Crippen LogP contribution in [0.15, 0.2) is 53.7 Å². The molecule has 1 saturated heterocycles. The highest BCUT2D eigenvalue weighted by atomic mass is 32.1. The van der Waals surface area contributed by atoms with Gasteiger partial charge in [-0.15, -0.1) is 11.3 Å². The molecule has 244 valence electrons. The van der Waals surface area contributed by atoms with Gasteiger partial charge in [-0.3, -0.25) is 19.4 Å². The number of carbonyl (C=O) groups excluding carboxylic acids is 4. The number of rotatable bonds is 10. The molecule has 2 aliphatic rings. The van der Waals surface area contributed by atoms with Crippen molar-refractivity contribution in [3.8, 4) is 11.5 Å². The van der Waals surface area contributed by atoms with E-state index >= 15 is 0 Å². The number of piperidine rings is 1. The summed E-state index contributed by atoms with van der Waals surface area (Å²) < 4.78 is 18.8. The van der Waals surface area contributed by atoms with Crippen LogP contribution in [0.1, 0.15) is 62.6 Å². The first-order valence-electron chi connectivity index (χ1n) is 15.3. The zero-order valence-corrected chi connectivity index (χ0v) is 27.1. The van der Waals surface area contributed by atoms with Crippen LogP contribution in [0.25, 0.3) is 10.1 Å². The van der Waals surface area contributed by atoms with Crippen LogP contribution in [0.2, 0.25) is 0 Å². The maximum absolute atomic E-state index is 13.2. The normalized spacial score (nSPS) is 15.4. The number of aromatic nitrogens is 1. The van der Waals surface area contributed by atoms with Crippen LogP contribution in [0, 0.1) is 0 Å². The molecule has 2 aromatic carbocycles. The SMILES string of the molecule is COC(=O)c1cc2cc(NC(=O)c3cc(NC(=O)CCCOc4cc5c(cc4OC)C(=O)N4CCCCC4C=N5)cn3C)ccc2s1.